The second-order valence-electron chi connectivity index (χ2n) is 7.21. The van der Waals surface area contributed by atoms with Crippen LogP contribution in [0.4, 0.5) is 4.39 Å². The van der Waals surface area contributed by atoms with Gasteiger partial charge in [0.25, 0.3) is 0 Å². The van der Waals surface area contributed by atoms with Crippen LogP contribution in [0.2, 0.25) is 0 Å². The van der Waals surface area contributed by atoms with Gasteiger partial charge >= 0.3 is 0 Å². The van der Waals surface area contributed by atoms with Crippen LogP contribution in [0.3, 0.4) is 0 Å². The maximum atomic E-state index is 14.0. The van der Waals surface area contributed by atoms with Gasteiger partial charge in [0.2, 0.25) is 5.91 Å². The summed E-state index contributed by atoms with van der Waals surface area (Å²) in [4.78, 5) is 17.0. The third-order valence-corrected chi connectivity index (χ3v) is 5.43. The molecule has 2 heterocycles. The van der Waals surface area contributed by atoms with Crippen molar-refractivity contribution in [2.24, 2.45) is 5.92 Å². The van der Waals surface area contributed by atoms with E-state index in [9.17, 15) is 9.18 Å². The number of hydrogen-bond donors (Lipinski definition) is 0. The lowest BCUT2D eigenvalue weighted by Crippen LogP contribution is -2.42. The molecule has 1 aromatic carbocycles. The summed E-state index contributed by atoms with van der Waals surface area (Å²) in [6.07, 6.45) is 6.43. The molecule has 2 aliphatic rings. The average molecular weight is 343 g/mol. The Bertz CT molecular complexity index is 639. The third kappa shape index (κ3) is 4.58. The van der Waals surface area contributed by atoms with E-state index in [1.54, 1.807) is 12.1 Å². The first-order valence-electron chi connectivity index (χ1n) is 9.37. The van der Waals surface area contributed by atoms with E-state index in [0.717, 1.165) is 51.9 Å². The molecule has 0 saturated carbocycles. The van der Waals surface area contributed by atoms with Gasteiger partial charge in [-0.25, -0.2) is 4.39 Å². The Labute approximate surface area is 149 Å². The van der Waals surface area contributed by atoms with Gasteiger partial charge in [-0.3, -0.25) is 9.69 Å². The number of carbonyl (C=O) groups is 1. The van der Waals surface area contributed by atoms with Crippen LogP contribution in [0.15, 0.2) is 18.2 Å². The third-order valence-electron chi connectivity index (χ3n) is 5.43. The van der Waals surface area contributed by atoms with Crippen molar-refractivity contribution in [3.05, 3.63) is 35.1 Å². The fourth-order valence-electron chi connectivity index (χ4n) is 3.87. The minimum atomic E-state index is -0.318. The van der Waals surface area contributed by atoms with Crippen LogP contribution in [0.5, 0.6) is 0 Å². The first-order valence-corrected chi connectivity index (χ1v) is 9.37. The molecule has 134 valence electrons. The predicted molar refractivity (Wildman–Crippen MR) is 94.2 cm³/mol. The Kier molecular flexibility index (Phi) is 6.04. The molecule has 0 unspecified atom stereocenters. The molecule has 0 aliphatic carbocycles. The van der Waals surface area contributed by atoms with Crippen LogP contribution in [0.1, 0.15) is 49.7 Å². The molecule has 2 aliphatic heterocycles. The van der Waals surface area contributed by atoms with Crippen LogP contribution in [0, 0.1) is 23.1 Å². The Hall–Kier alpha value is -1.93. The largest absolute Gasteiger partial charge is 0.342 e. The number of nitriles is 1. The summed E-state index contributed by atoms with van der Waals surface area (Å²) in [5, 5.41) is 8.82. The highest BCUT2D eigenvalue weighted by atomic mass is 19.1. The lowest BCUT2D eigenvalue weighted by molar-refractivity contribution is -0.137. The molecular formula is C20H26FN3O. The zero-order chi connectivity index (χ0) is 17.6. The van der Waals surface area contributed by atoms with E-state index in [2.05, 4.69) is 9.80 Å². The van der Waals surface area contributed by atoms with Crippen molar-refractivity contribution in [2.75, 3.05) is 26.2 Å². The second-order valence-corrected chi connectivity index (χ2v) is 7.21. The average Bonchev–Trinajstić information content (AvgIpc) is 2.93. The van der Waals surface area contributed by atoms with Crippen LogP contribution in [-0.4, -0.2) is 41.9 Å². The van der Waals surface area contributed by atoms with Gasteiger partial charge in [-0.1, -0.05) is 18.9 Å². The Morgan fingerprint density at radius 1 is 1.12 bits per heavy atom. The topological polar surface area (TPSA) is 47.3 Å². The lowest BCUT2D eigenvalue weighted by Gasteiger charge is -2.34. The van der Waals surface area contributed by atoms with E-state index < -0.39 is 0 Å². The van der Waals surface area contributed by atoms with E-state index in [1.165, 1.54) is 18.9 Å². The molecule has 2 saturated heterocycles. The number of nitrogens with zero attached hydrogens (tertiary/aromatic N) is 3. The van der Waals surface area contributed by atoms with E-state index in [-0.39, 0.29) is 11.7 Å². The van der Waals surface area contributed by atoms with Gasteiger partial charge in [-0.15, -0.1) is 0 Å². The van der Waals surface area contributed by atoms with Crippen LogP contribution >= 0.6 is 0 Å². The Morgan fingerprint density at radius 2 is 1.80 bits per heavy atom. The minimum Gasteiger partial charge on any atom is -0.342 e. The Morgan fingerprint density at radius 3 is 2.40 bits per heavy atom. The lowest BCUT2D eigenvalue weighted by atomic mass is 9.94. The first kappa shape index (κ1) is 17.9. The Balaban J connectivity index is 1.51. The molecule has 0 radical (unpaired) electrons. The summed E-state index contributed by atoms with van der Waals surface area (Å²) in [6.45, 7) is 4.01. The van der Waals surface area contributed by atoms with Gasteiger partial charge in [-0.2, -0.15) is 5.26 Å². The number of likely N-dealkylation sites (tertiary alicyclic amines) is 2. The van der Waals surface area contributed by atoms with Crippen molar-refractivity contribution < 1.29 is 9.18 Å². The van der Waals surface area contributed by atoms with Gasteiger partial charge < -0.3 is 4.90 Å². The number of carbonyl (C=O) groups excluding carboxylic acids is 1. The van der Waals surface area contributed by atoms with Gasteiger partial charge in [-0.05, 0) is 50.9 Å². The van der Waals surface area contributed by atoms with E-state index in [1.807, 2.05) is 6.07 Å². The van der Waals surface area contributed by atoms with Crippen molar-refractivity contribution in [3.63, 3.8) is 0 Å². The molecule has 0 aromatic heterocycles. The molecule has 4 nitrogen and oxygen atoms in total. The standard InChI is InChI=1S/C20H26FN3O/c21-19-13-16(14-22)5-6-18(19)15-23-11-7-17(8-12-23)20(25)24-9-3-1-2-4-10-24/h5-6,13,17H,1-4,7-12,15H2. The quantitative estimate of drug-likeness (QED) is 0.846. The van der Waals surface area contributed by atoms with Crippen molar-refractivity contribution in [2.45, 2.75) is 45.1 Å². The summed E-state index contributed by atoms with van der Waals surface area (Å²) in [7, 11) is 0. The summed E-state index contributed by atoms with van der Waals surface area (Å²) in [5.41, 5.74) is 0.972. The monoisotopic (exact) mass is 343 g/mol. The highest BCUT2D eigenvalue weighted by Crippen LogP contribution is 2.23. The maximum absolute atomic E-state index is 14.0. The zero-order valence-corrected chi connectivity index (χ0v) is 14.7. The van der Waals surface area contributed by atoms with Gasteiger partial charge in [0.15, 0.2) is 0 Å². The SMILES string of the molecule is N#Cc1ccc(CN2CCC(C(=O)N3CCCCCC3)CC2)c(F)c1. The smallest absolute Gasteiger partial charge is 0.225 e. The summed E-state index contributed by atoms with van der Waals surface area (Å²) in [5.74, 6) is 0.132. The van der Waals surface area contributed by atoms with Crippen molar-refractivity contribution in [1.29, 1.82) is 5.26 Å². The van der Waals surface area contributed by atoms with E-state index >= 15 is 0 Å². The number of rotatable bonds is 3. The molecule has 0 bridgehead atoms. The number of amides is 1. The van der Waals surface area contributed by atoms with Gasteiger partial charge in [0.1, 0.15) is 5.82 Å². The van der Waals surface area contributed by atoms with Gasteiger partial charge in [0, 0.05) is 31.1 Å². The fourth-order valence-corrected chi connectivity index (χ4v) is 3.87. The number of halogens is 1. The number of benzene rings is 1. The van der Waals surface area contributed by atoms with Crippen LogP contribution < -0.4 is 0 Å². The normalized spacial score (nSPS) is 20.1. The van der Waals surface area contributed by atoms with E-state index in [4.69, 9.17) is 5.26 Å². The molecule has 1 aromatic rings. The summed E-state index contributed by atoms with van der Waals surface area (Å²) < 4.78 is 14.0. The van der Waals surface area contributed by atoms with Crippen molar-refractivity contribution in [1.82, 2.24) is 9.80 Å². The highest BCUT2D eigenvalue weighted by Gasteiger charge is 2.29. The van der Waals surface area contributed by atoms with E-state index in [0.29, 0.717) is 23.6 Å². The minimum absolute atomic E-state index is 0.125. The molecule has 5 heteroatoms. The molecule has 0 atom stereocenters. The van der Waals surface area contributed by atoms with Crippen molar-refractivity contribution >= 4 is 5.91 Å². The molecule has 3 rings (SSSR count). The molecular weight excluding hydrogens is 317 g/mol. The number of piperidine rings is 1. The summed E-state index contributed by atoms with van der Waals surface area (Å²) >= 11 is 0. The molecule has 25 heavy (non-hydrogen) atoms. The predicted octanol–water partition coefficient (Wildman–Crippen LogP) is 3.31. The van der Waals surface area contributed by atoms with Crippen LogP contribution in [-0.2, 0) is 11.3 Å². The summed E-state index contributed by atoms with van der Waals surface area (Å²) in [6, 6.07) is 6.61. The maximum Gasteiger partial charge on any atom is 0.225 e. The number of hydrogen-bond acceptors (Lipinski definition) is 3. The first-order chi connectivity index (χ1) is 12.2. The highest BCUT2D eigenvalue weighted by molar-refractivity contribution is 5.79. The zero-order valence-electron chi connectivity index (χ0n) is 14.7. The van der Waals surface area contributed by atoms with Gasteiger partial charge in [0.05, 0.1) is 11.6 Å². The molecule has 0 N–H and O–H groups in total. The van der Waals surface area contributed by atoms with Crippen molar-refractivity contribution in [3.8, 4) is 6.07 Å². The second kappa shape index (κ2) is 8.44. The molecule has 1 amide bonds. The molecule has 0 spiro atoms. The van der Waals surface area contributed by atoms with Crippen LogP contribution in [0.25, 0.3) is 0 Å². The fraction of sp³-hybridized carbons (Fsp3) is 0.600. The molecule has 2 fully saturated rings.